The van der Waals surface area contributed by atoms with Gasteiger partial charge in [0.2, 0.25) is 0 Å². The van der Waals surface area contributed by atoms with Gasteiger partial charge in [0.05, 0.1) is 24.2 Å². The lowest BCUT2D eigenvalue weighted by Gasteiger charge is -2.20. The molecule has 2 amide bonds. The normalized spacial score (nSPS) is 12.9. The summed E-state index contributed by atoms with van der Waals surface area (Å²) in [6, 6.07) is 16.7. The Morgan fingerprint density at radius 3 is 2.74 bits per heavy atom. The van der Waals surface area contributed by atoms with Crippen molar-refractivity contribution >= 4 is 50.9 Å². The number of nitrogens with one attached hydrogen (secondary N) is 1. The lowest BCUT2D eigenvalue weighted by atomic mass is 9.99. The number of methoxy groups -OCH3 is 1. The molecule has 0 saturated heterocycles. The molecule has 1 aliphatic rings. The van der Waals surface area contributed by atoms with E-state index in [0.29, 0.717) is 52.7 Å². The molecule has 196 valence electrons. The van der Waals surface area contributed by atoms with Crippen molar-refractivity contribution < 1.29 is 19.1 Å². The molecule has 0 fully saturated rings. The summed E-state index contributed by atoms with van der Waals surface area (Å²) in [6.07, 6.45) is 0. The summed E-state index contributed by atoms with van der Waals surface area (Å²) in [7, 11) is 1.61. The molecule has 0 radical (unpaired) electrons. The number of anilines is 1. The fraction of sp³-hybridized carbons (Fsp3) is 0.172. The van der Waals surface area contributed by atoms with Crippen LogP contribution in [-0.4, -0.2) is 47.3 Å². The fourth-order valence-electron chi connectivity index (χ4n) is 5.13. The molecule has 1 aliphatic heterocycles. The van der Waals surface area contributed by atoms with E-state index in [0.717, 1.165) is 33.3 Å². The number of amides is 2. The SMILES string of the molecule is COCCOc1ccc2c(c1)[nH]c1c(C(N)=O)nnc(-c3cccc(N4Cc5ccc(Cl)cc5C4=O)c3C)c12. The maximum atomic E-state index is 13.3. The average molecular weight is 542 g/mol. The van der Waals surface area contributed by atoms with Crippen molar-refractivity contribution in [1.29, 1.82) is 0 Å². The van der Waals surface area contributed by atoms with Gasteiger partial charge in [0.25, 0.3) is 11.8 Å². The molecular formula is C29H24ClN5O4. The lowest BCUT2D eigenvalue weighted by molar-refractivity contribution is 0.0988. The first-order chi connectivity index (χ1) is 18.9. The highest BCUT2D eigenvalue weighted by molar-refractivity contribution is 6.31. The van der Waals surface area contributed by atoms with Gasteiger partial charge in [-0.1, -0.05) is 29.8 Å². The van der Waals surface area contributed by atoms with Crippen LogP contribution in [0.4, 0.5) is 5.69 Å². The molecule has 39 heavy (non-hydrogen) atoms. The molecule has 2 aromatic heterocycles. The molecule has 3 heterocycles. The largest absolute Gasteiger partial charge is 0.491 e. The van der Waals surface area contributed by atoms with E-state index in [4.69, 9.17) is 26.8 Å². The molecule has 0 unspecified atom stereocenters. The Hall–Kier alpha value is -4.47. The van der Waals surface area contributed by atoms with Crippen LogP contribution in [0, 0.1) is 6.92 Å². The van der Waals surface area contributed by atoms with E-state index >= 15 is 0 Å². The third kappa shape index (κ3) is 4.16. The molecule has 5 aromatic rings. The summed E-state index contributed by atoms with van der Waals surface area (Å²) in [6.45, 7) is 3.25. The molecule has 10 heteroatoms. The molecule has 3 aromatic carbocycles. The van der Waals surface area contributed by atoms with Crippen LogP contribution in [0.25, 0.3) is 33.1 Å². The number of nitrogens with zero attached hydrogens (tertiary/aromatic N) is 3. The number of hydrogen-bond donors (Lipinski definition) is 2. The summed E-state index contributed by atoms with van der Waals surface area (Å²) in [5, 5.41) is 10.7. The summed E-state index contributed by atoms with van der Waals surface area (Å²) in [4.78, 5) is 30.6. The first-order valence-corrected chi connectivity index (χ1v) is 12.7. The number of carbonyl (C=O) groups excluding carboxylic acids is 2. The predicted molar refractivity (Wildman–Crippen MR) is 149 cm³/mol. The molecule has 0 saturated carbocycles. The Morgan fingerprint density at radius 2 is 1.95 bits per heavy atom. The van der Waals surface area contributed by atoms with Gasteiger partial charge in [-0.05, 0) is 48.4 Å². The minimum Gasteiger partial charge on any atom is -0.491 e. The first-order valence-electron chi connectivity index (χ1n) is 12.3. The molecule has 0 spiro atoms. The van der Waals surface area contributed by atoms with Crippen molar-refractivity contribution in [3.8, 4) is 17.0 Å². The third-order valence-corrected chi connectivity index (χ3v) is 7.25. The second-order valence-electron chi connectivity index (χ2n) is 9.33. The van der Waals surface area contributed by atoms with Gasteiger partial charge >= 0.3 is 0 Å². The molecule has 0 aliphatic carbocycles. The molecule has 9 nitrogen and oxygen atoms in total. The van der Waals surface area contributed by atoms with Gasteiger partial charge in [-0.15, -0.1) is 10.2 Å². The van der Waals surface area contributed by atoms with Crippen LogP contribution in [-0.2, 0) is 11.3 Å². The molecule has 0 bridgehead atoms. The van der Waals surface area contributed by atoms with E-state index in [2.05, 4.69) is 15.2 Å². The number of primary amides is 1. The van der Waals surface area contributed by atoms with E-state index in [1.165, 1.54) is 0 Å². The second kappa shape index (κ2) is 9.68. The van der Waals surface area contributed by atoms with Gasteiger partial charge in [-0.3, -0.25) is 9.59 Å². The Balaban J connectivity index is 1.49. The van der Waals surface area contributed by atoms with Crippen molar-refractivity contribution in [2.45, 2.75) is 13.5 Å². The number of aromatic nitrogens is 3. The van der Waals surface area contributed by atoms with E-state index in [-0.39, 0.29) is 11.6 Å². The number of rotatable bonds is 7. The van der Waals surface area contributed by atoms with E-state index in [1.807, 2.05) is 49.4 Å². The summed E-state index contributed by atoms with van der Waals surface area (Å²) < 4.78 is 10.8. The number of ether oxygens (including phenoxy) is 2. The Morgan fingerprint density at radius 1 is 1.10 bits per heavy atom. The standard InChI is InChI=1S/C29H24ClN5O4/c1-15-19(4-3-5-23(15)35-14-16-6-7-17(30)12-21(16)29(35)37)25-24-20-9-8-18(39-11-10-38-2)13-22(20)32-26(24)27(28(31)36)34-33-25/h3-9,12-13,32H,10-11,14H2,1-2H3,(H2,31,36). The minimum atomic E-state index is -0.688. The zero-order valence-corrected chi connectivity index (χ0v) is 22.0. The lowest BCUT2D eigenvalue weighted by Crippen LogP contribution is -2.24. The number of benzene rings is 3. The number of carbonyl (C=O) groups is 2. The monoisotopic (exact) mass is 541 g/mol. The minimum absolute atomic E-state index is 0.0441. The van der Waals surface area contributed by atoms with Crippen molar-refractivity contribution in [1.82, 2.24) is 15.2 Å². The van der Waals surface area contributed by atoms with Gasteiger partial charge in [-0.25, -0.2) is 0 Å². The van der Waals surface area contributed by atoms with Crippen LogP contribution in [0.5, 0.6) is 5.75 Å². The smallest absolute Gasteiger partial charge is 0.271 e. The predicted octanol–water partition coefficient (Wildman–Crippen LogP) is 5.02. The van der Waals surface area contributed by atoms with Crippen molar-refractivity contribution in [2.75, 3.05) is 25.2 Å². The molecule has 6 rings (SSSR count). The Labute approximate surface area is 228 Å². The van der Waals surface area contributed by atoms with Crippen LogP contribution in [0.15, 0.2) is 54.6 Å². The quantitative estimate of drug-likeness (QED) is 0.279. The topological polar surface area (TPSA) is 123 Å². The Kier molecular flexibility index (Phi) is 6.17. The highest BCUT2D eigenvalue weighted by atomic mass is 35.5. The van der Waals surface area contributed by atoms with Crippen molar-refractivity contribution in [2.24, 2.45) is 5.73 Å². The van der Waals surface area contributed by atoms with E-state index in [1.54, 1.807) is 24.1 Å². The van der Waals surface area contributed by atoms with Crippen molar-refractivity contribution in [3.05, 3.63) is 82.0 Å². The van der Waals surface area contributed by atoms with Crippen LogP contribution in [0.1, 0.15) is 32.0 Å². The Bertz CT molecular complexity index is 1800. The maximum absolute atomic E-state index is 13.3. The molecule has 0 atom stereocenters. The summed E-state index contributed by atoms with van der Waals surface area (Å²) >= 11 is 6.15. The van der Waals surface area contributed by atoms with E-state index in [9.17, 15) is 9.59 Å². The second-order valence-corrected chi connectivity index (χ2v) is 9.76. The third-order valence-electron chi connectivity index (χ3n) is 7.01. The number of halogens is 1. The number of hydrogen-bond acceptors (Lipinski definition) is 6. The van der Waals surface area contributed by atoms with Gasteiger partial charge < -0.3 is 25.1 Å². The van der Waals surface area contributed by atoms with Gasteiger partial charge in [0.15, 0.2) is 5.69 Å². The molecular weight excluding hydrogens is 518 g/mol. The highest BCUT2D eigenvalue weighted by Crippen LogP contribution is 2.40. The first kappa shape index (κ1) is 24.8. The van der Waals surface area contributed by atoms with Crippen LogP contribution >= 0.6 is 11.6 Å². The van der Waals surface area contributed by atoms with Crippen molar-refractivity contribution in [3.63, 3.8) is 0 Å². The van der Waals surface area contributed by atoms with Crippen LogP contribution in [0.2, 0.25) is 5.02 Å². The summed E-state index contributed by atoms with van der Waals surface area (Å²) in [5.74, 6) is -0.146. The maximum Gasteiger partial charge on any atom is 0.271 e. The van der Waals surface area contributed by atoms with Crippen LogP contribution < -0.4 is 15.4 Å². The van der Waals surface area contributed by atoms with Gasteiger partial charge in [0, 0.05) is 45.8 Å². The zero-order valence-electron chi connectivity index (χ0n) is 21.2. The summed E-state index contributed by atoms with van der Waals surface area (Å²) in [5.41, 5.74) is 11.4. The van der Waals surface area contributed by atoms with Crippen LogP contribution in [0.3, 0.4) is 0 Å². The number of H-pyrrole nitrogens is 1. The fourth-order valence-corrected chi connectivity index (χ4v) is 5.31. The van der Waals surface area contributed by atoms with Gasteiger partial charge in [-0.2, -0.15) is 0 Å². The average Bonchev–Trinajstić information content (AvgIpc) is 3.46. The highest BCUT2D eigenvalue weighted by Gasteiger charge is 2.30. The number of fused-ring (bicyclic) bond motifs is 4. The number of aromatic amines is 1. The van der Waals surface area contributed by atoms with Gasteiger partial charge in [0.1, 0.15) is 18.1 Å². The molecule has 3 N–H and O–H groups in total. The number of nitrogens with two attached hydrogens (primary N) is 1. The van der Waals surface area contributed by atoms with E-state index < -0.39 is 5.91 Å². The zero-order chi connectivity index (χ0) is 27.3.